The van der Waals surface area contributed by atoms with Crippen LogP contribution in [0, 0.1) is 0 Å². The molecule has 2 amide bonds. The Hall–Kier alpha value is -1.86. The first-order valence-electron chi connectivity index (χ1n) is 9.86. The Balaban J connectivity index is 1.31. The molecule has 0 radical (unpaired) electrons. The van der Waals surface area contributed by atoms with E-state index >= 15 is 0 Å². The molecule has 2 saturated heterocycles. The van der Waals surface area contributed by atoms with Crippen LogP contribution in [0.15, 0.2) is 42.6 Å². The second-order valence-corrected chi connectivity index (χ2v) is 9.80. The Bertz CT molecular complexity index is 804. The van der Waals surface area contributed by atoms with Gasteiger partial charge in [0.05, 0.1) is 4.58 Å². The smallest absolute Gasteiger partial charge is 0.319 e. The van der Waals surface area contributed by atoms with Crippen molar-refractivity contribution >= 4 is 41.1 Å². The van der Waals surface area contributed by atoms with Crippen LogP contribution in [0.25, 0.3) is 0 Å². The maximum Gasteiger partial charge on any atom is 0.319 e. The molecule has 0 spiro atoms. The fraction of sp³-hybridized carbons (Fsp3) is 0.429. The first-order chi connectivity index (χ1) is 13.8. The van der Waals surface area contributed by atoms with Crippen LogP contribution in [-0.4, -0.2) is 35.6 Å². The lowest BCUT2D eigenvalue weighted by Crippen LogP contribution is -2.28. The highest BCUT2D eigenvalue weighted by atomic mass is 32.2. The van der Waals surface area contributed by atoms with E-state index in [-0.39, 0.29) is 6.03 Å². The Morgan fingerprint density at radius 2 is 1.93 bits per heavy atom. The number of hydrogen-bond acceptors (Lipinski definition) is 5. The van der Waals surface area contributed by atoms with Gasteiger partial charge in [0.2, 0.25) is 0 Å². The van der Waals surface area contributed by atoms with Gasteiger partial charge in [-0.05, 0) is 66.2 Å². The quantitative estimate of drug-likeness (QED) is 0.731. The average Bonchev–Trinajstić information content (AvgIpc) is 3.28. The molecule has 0 atom stereocenters. The number of urea groups is 1. The minimum Gasteiger partial charge on any atom is -0.357 e. The van der Waals surface area contributed by atoms with E-state index in [1.54, 1.807) is 0 Å². The molecule has 28 heavy (non-hydrogen) atoms. The third kappa shape index (κ3) is 5.14. The molecule has 4 rings (SSSR count). The lowest BCUT2D eigenvalue weighted by atomic mass is 10.2. The summed E-state index contributed by atoms with van der Waals surface area (Å²) in [6, 6.07) is 12.1. The van der Waals surface area contributed by atoms with E-state index in [0.717, 1.165) is 30.2 Å². The van der Waals surface area contributed by atoms with Gasteiger partial charge in [0.15, 0.2) is 0 Å². The number of thioether (sulfide) groups is 2. The third-order valence-corrected chi connectivity index (χ3v) is 7.95. The van der Waals surface area contributed by atoms with Crippen molar-refractivity contribution in [3.63, 3.8) is 0 Å². The van der Waals surface area contributed by atoms with E-state index in [1.165, 1.54) is 36.3 Å². The molecule has 2 aliphatic heterocycles. The van der Waals surface area contributed by atoms with Crippen LogP contribution in [0.5, 0.6) is 0 Å². The second-order valence-electron chi connectivity index (χ2n) is 7.08. The molecule has 2 N–H and O–H groups in total. The van der Waals surface area contributed by atoms with Crippen molar-refractivity contribution in [3.8, 4) is 0 Å². The summed E-state index contributed by atoms with van der Waals surface area (Å²) in [5, 5.41) is 5.92. The van der Waals surface area contributed by atoms with Crippen LogP contribution in [0.1, 0.15) is 35.0 Å². The van der Waals surface area contributed by atoms with E-state index in [2.05, 4.69) is 38.7 Å². The van der Waals surface area contributed by atoms with Gasteiger partial charge in [0.25, 0.3) is 0 Å². The Morgan fingerprint density at radius 1 is 1.11 bits per heavy atom. The first-order valence-corrected chi connectivity index (χ1v) is 12.0. The van der Waals surface area contributed by atoms with Crippen LogP contribution >= 0.6 is 23.5 Å². The zero-order chi connectivity index (χ0) is 19.2. The van der Waals surface area contributed by atoms with Crippen molar-refractivity contribution < 1.29 is 4.79 Å². The summed E-state index contributed by atoms with van der Waals surface area (Å²) in [4.78, 5) is 19.1. The number of amides is 2. The Labute approximate surface area is 175 Å². The number of aromatic nitrogens is 1. The minimum absolute atomic E-state index is 0.180. The zero-order valence-electron chi connectivity index (χ0n) is 15.9. The van der Waals surface area contributed by atoms with Crippen molar-refractivity contribution in [2.75, 3.05) is 34.8 Å². The number of anilines is 2. The molecule has 0 aliphatic carbocycles. The fourth-order valence-corrected chi connectivity index (χ4v) is 6.36. The number of carbonyl (C=O) groups excluding carboxylic acids is 1. The normalized spacial score (nSPS) is 17.5. The standard InChI is InChI=1S/C21H26N4OS2/c26-21(23-15-16-7-8-22-19(13-16)25-9-1-2-10-25)24-18-6-3-5-17(14-18)20-27-11-4-12-28-20/h3,5-8,13-14,20H,1-2,4,9-12,15H2,(H2,23,24,26). The number of benzene rings is 1. The van der Waals surface area contributed by atoms with E-state index in [9.17, 15) is 4.79 Å². The summed E-state index contributed by atoms with van der Waals surface area (Å²) in [5.41, 5.74) is 3.18. The van der Waals surface area contributed by atoms with Crippen LogP contribution < -0.4 is 15.5 Å². The molecule has 0 saturated carbocycles. The molecule has 2 aliphatic rings. The van der Waals surface area contributed by atoms with Crippen molar-refractivity contribution in [3.05, 3.63) is 53.7 Å². The molecular weight excluding hydrogens is 388 g/mol. The Morgan fingerprint density at radius 3 is 2.75 bits per heavy atom. The highest BCUT2D eigenvalue weighted by Gasteiger charge is 2.17. The molecule has 0 bridgehead atoms. The number of rotatable bonds is 5. The highest BCUT2D eigenvalue weighted by molar-refractivity contribution is 8.16. The minimum atomic E-state index is -0.180. The van der Waals surface area contributed by atoms with E-state index < -0.39 is 0 Å². The molecule has 1 aromatic heterocycles. The number of pyridine rings is 1. The van der Waals surface area contributed by atoms with Gasteiger partial charge < -0.3 is 15.5 Å². The van der Waals surface area contributed by atoms with Gasteiger partial charge in [-0.3, -0.25) is 0 Å². The SMILES string of the molecule is O=C(NCc1ccnc(N2CCCC2)c1)Nc1cccc(C2SCCCS2)c1. The Kier molecular flexibility index (Phi) is 6.65. The van der Waals surface area contributed by atoms with Crippen LogP contribution in [-0.2, 0) is 6.54 Å². The van der Waals surface area contributed by atoms with Gasteiger partial charge in [0.1, 0.15) is 5.82 Å². The lowest BCUT2D eigenvalue weighted by molar-refractivity contribution is 0.251. The summed E-state index contributed by atoms with van der Waals surface area (Å²) in [6.45, 7) is 2.62. The second kappa shape index (κ2) is 9.56. The van der Waals surface area contributed by atoms with Gasteiger partial charge in [-0.2, -0.15) is 0 Å². The average molecular weight is 415 g/mol. The number of nitrogens with zero attached hydrogens (tertiary/aromatic N) is 2. The van der Waals surface area contributed by atoms with E-state index in [1.807, 2.05) is 47.9 Å². The molecule has 7 heteroatoms. The van der Waals surface area contributed by atoms with Crippen LogP contribution in [0.4, 0.5) is 16.3 Å². The monoisotopic (exact) mass is 414 g/mol. The summed E-state index contributed by atoms with van der Waals surface area (Å²) < 4.78 is 0.472. The summed E-state index contributed by atoms with van der Waals surface area (Å²) in [7, 11) is 0. The molecule has 1 aromatic carbocycles. The van der Waals surface area contributed by atoms with Crippen LogP contribution in [0.2, 0.25) is 0 Å². The molecule has 2 aromatic rings. The number of nitrogens with one attached hydrogen (secondary N) is 2. The van der Waals surface area contributed by atoms with Gasteiger partial charge in [-0.1, -0.05) is 12.1 Å². The van der Waals surface area contributed by atoms with Crippen molar-refractivity contribution in [2.24, 2.45) is 0 Å². The first kappa shape index (κ1) is 19.5. The van der Waals surface area contributed by atoms with E-state index in [0.29, 0.717) is 11.1 Å². The lowest BCUT2D eigenvalue weighted by Gasteiger charge is -2.21. The predicted octanol–water partition coefficient (Wildman–Crippen LogP) is 4.87. The number of hydrogen-bond donors (Lipinski definition) is 2. The summed E-state index contributed by atoms with van der Waals surface area (Å²) in [6.07, 6.45) is 5.55. The van der Waals surface area contributed by atoms with Gasteiger partial charge in [0, 0.05) is 31.5 Å². The highest BCUT2D eigenvalue weighted by Crippen LogP contribution is 2.44. The molecule has 5 nitrogen and oxygen atoms in total. The number of carbonyl (C=O) groups is 1. The van der Waals surface area contributed by atoms with Gasteiger partial charge >= 0.3 is 6.03 Å². The zero-order valence-corrected chi connectivity index (χ0v) is 17.5. The van der Waals surface area contributed by atoms with Crippen molar-refractivity contribution in [2.45, 2.75) is 30.4 Å². The maximum atomic E-state index is 12.4. The maximum absolute atomic E-state index is 12.4. The van der Waals surface area contributed by atoms with Crippen molar-refractivity contribution in [1.82, 2.24) is 10.3 Å². The third-order valence-electron chi connectivity index (χ3n) is 4.94. The molecular formula is C21H26N4OS2. The van der Waals surface area contributed by atoms with Crippen molar-refractivity contribution in [1.29, 1.82) is 0 Å². The topological polar surface area (TPSA) is 57.3 Å². The van der Waals surface area contributed by atoms with Crippen LogP contribution in [0.3, 0.4) is 0 Å². The predicted molar refractivity (Wildman–Crippen MR) is 120 cm³/mol. The largest absolute Gasteiger partial charge is 0.357 e. The summed E-state index contributed by atoms with van der Waals surface area (Å²) >= 11 is 3.98. The van der Waals surface area contributed by atoms with Gasteiger partial charge in [-0.25, -0.2) is 9.78 Å². The van der Waals surface area contributed by atoms with Gasteiger partial charge in [-0.15, -0.1) is 23.5 Å². The summed E-state index contributed by atoms with van der Waals surface area (Å²) in [5.74, 6) is 3.43. The molecule has 2 fully saturated rings. The fourth-order valence-electron chi connectivity index (χ4n) is 3.49. The molecule has 148 valence electrons. The van der Waals surface area contributed by atoms with E-state index in [4.69, 9.17) is 0 Å². The molecule has 0 unspecified atom stereocenters. The molecule has 3 heterocycles.